The van der Waals surface area contributed by atoms with Crippen LogP contribution in [0.4, 0.5) is 5.95 Å². The Bertz CT molecular complexity index is 507. The maximum atomic E-state index is 5.42. The molecule has 102 valence electrons. The number of anilines is 1. The number of nitrogens with one attached hydrogen (secondary N) is 1. The van der Waals surface area contributed by atoms with E-state index in [4.69, 9.17) is 4.74 Å². The van der Waals surface area contributed by atoms with E-state index in [1.807, 2.05) is 38.2 Å². The number of imidazole rings is 1. The third kappa shape index (κ3) is 3.58. The molecule has 0 bridgehead atoms. The molecule has 0 aliphatic heterocycles. The van der Waals surface area contributed by atoms with Gasteiger partial charge < -0.3 is 10.1 Å². The summed E-state index contributed by atoms with van der Waals surface area (Å²) < 4.78 is 7.49. The first kappa shape index (κ1) is 13.6. The van der Waals surface area contributed by atoms with E-state index in [0.29, 0.717) is 6.61 Å². The molecule has 0 amide bonds. The summed E-state index contributed by atoms with van der Waals surface area (Å²) in [7, 11) is 0. The van der Waals surface area contributed by atoms with Crippen LogP contribution < -0.4 is 5.32 Å². The second-order valence-electron chi connectivity index (χ2n) is 4.62. The minimum absolute atomic E-state index is 0.226. The van der Waals surface area contributed by atoms with Crippen LogP contribution in [0.15, 0.2) is 36.5 Å². The SMILES string of the molecule is CCOCC(C)Nc1nc(C)cn1-c1ccccc1. The molecule has 0 aliphatic carbocycles. The topological polar surface area (TPSA) is 39.1 Å². The Hall–Kier alpha value is -1.81. The Labute approximate surface area is 114 Å². The fraction of sp³-hybridized carbons (Fsp3) is 0.400. The van der Waals surface area contributed by atoms with Crippen molar-refractivity contribution in [3.63, 3.8) is 0 Å². The zero-order chi connectivity index (χ0) is 13.7. The highest BCUT2D eigenvalue weighted by Crippen LogP contribution is 2.16. The van der Waals surface area contributed by atoms with Crippen molar-refractivity contribution in [2.45, 2.75) is 26.8 Å². The van der Waals surface area contributed by atoms with Crippen LogP contribution in [0.5, 0.6) is 0 Å². The molecule has 4 heteroatoms. The molecule has 1 heterocycles. The van der Waals surface area contributed by atoms with Crippen LogP contribution in [0.1, 0.15) is 19.5 Å². The Morgan fingerprint density at radius 3 is 2.74 bits per heavy atom. The molecule has 0 saturated heterocycles. The molecular weight excluding hydrogens is 238 g/mol. The molecular formula is C15H21N3O. The monoisotopic (exact) mass is 259 g/mol. The molecule has 0 saturated carbocycles. The molecule has 1 atom stereocenters. The van der Waals surface area contributed by atoms with Gasteiger partial charge >= 0.3 is 0 Å². The second-order valence-corrected chi connectivity index (χ2v) is 4.62. The van der Waals surface area contributed by atoms with Crippen molar-refractivity contribution in [2.75, 3.05) is 18.5 Å². The van der Waals surface area contributed by atoms with Gasteiger partial charge in [0, 0.05) is 24.5 Å². The number of nitrogens with zero attached hydrogens (tertiary/aromatic N) is 2. The maximum absolute atomic E-state index is 5.42. The third-order valence-electron chi connectivity index (χ3n) is 2.81. The van der Waals surface area contributed by atoms with Gasteiger partial charge in [-0.2, -0.15) is 0 Å². The third-order valence-corrected chi connectivity index (χ3v) is 2.81. The van der Waals surface area contributed by atoms with E-state index in [1.165, 1.54) is 0 Å². The van der Waals surface area contributed by atoms with E-state index in [1.54, 1.807) is 0 Å². The van der Waals surface area contributed by atoms with Crippen LogP contribution >= 0.6 is 0 Å². The molecule has 0 aliphatic rings. The maximum Gasteiger partial charge on any atom is 0.208 e. The number of rotatable bonds is 6. The zero-order valence-corrected chi connectivity index (χ0v) is 11.8. The Balaban J connectivity index is 2.17. The van der Waals surface area contributed by atoms with Gasteiger partial charge in [-0.3, -0.25) is 4.57 Å². The number of aromatic nitrogens is 2. The summed E-state index contributed by atoms with van der Waals surface area (Å²) in [5.74, 6) is 0.857. The summed E-state index contributed by atoms with van der Waals surface area (Å²) >= 11 is 0. The summed E-state index contributed by atoms with van der Waals surface area (Å²) in [5.41, 5.74) is 2.10. The smallest absolute Gasteiger partial charge is 0.208 e. The molecule has 2 aromatic rings. The molecule has 1 aromatic heterocycles. The minimum atomic E-state index is 0.226. The number of benzene rings is 1. The highest BCUT2D eigenvalue weighted by molar-refractivity contribution is 5.43. The highest BCUT2D eigenvalue weighted by Gasteiger charge is 2.10. The quantitative estimate of drug-likeness (QED) is 0.866. The van der Waals surface area contributed by atoms with Crippen LogP contribution in [0.3, 0.4) is 0 Å². The average molecular weight is 259 g/mol. The van der Waals surface area contributed by atoms with Gasteiger partial charge in [-0.1, -0.05) is 18.2 Å². The van der Waals surface area contributed by atoms with Crippen molar-refractivity contribution >= 4 is 5.95 Å². The van der Waals surface area contributed by atoms with Gasteiger partial charge in [0.2, 0.25) is 5.95 Å². The average Bonchev–Trinajstić information content (AvgIpc) is 2.78. The van der Waals surface area contributed by atoms with Crippen molar-refractivity contribution < 1.29 is 4.74 Å². The lowest BCUT2D eigenvalue weighted by molar-refractivity contribution is 0.141. The lowest BCUT2D eigenvalue weighted by Gasteiger charge is -2.15. The van der Waals surface area contributed by atoms with E-state index >= 15 is 0 Å². The van der Waals surface area contributed by atoms with Gasteiger partial charge in [-0.15, -0.1) is 0 Å². The molecule has 0 spiro atoms. The van der Waals surface area contributed by atoms with E-state index in [9.17, 15) is 0 Å². The first-order valence-corrected chi connectivity index (χ1v) is 6.66. The number of aryl methyl sites for hydroxylation is 1. The van der Waals surface area contributed by atoms with E-state index in [0.717, 1.165) is 23.9 Å². The largest absolute Gasteiger partial charge is 0.380 e. The number of hydrogen-bond acceptors (Lipinski definition) is 3. The molecule has 1 aromatic carbocycles. The van der Waals surface area contributed by atoms with Crippen molar-refractivity contribution in [3.05, 3.63) is 42.2 Å². The van der Waals surface area contributed by atoms with Crippen molar-refractivity contribution in [3.8, 4) is 5.69 Å². The molecule has 1 N–H and O–H groups in total. The standard InChI is InChI=1S/C15H21N3O/c1-4-19-11-13(3)17-15-16-12(2)10-18(15)14-8-6-5-7-9-14/h5-10,13H,4,11H2,1-3H3,(H,16,17). The van der Waals surface area contributed by atoms with Crippen molar-refractivity contribution in [1.82, 2.24) is 9.55 Å². The van der Waals surface area contributed by atoms with Crippen molar-refractivity contribution in [1.29, 1.82) is 0 Å². The first-order valence-electron chi connectivity index (χ1n) is 6.66. The summed E-state index contributed by atoms with van der Waals surface area (Å²) in [6.07, 6.45) is 2.03. The summed E-state index contributed by atoms with van der Waals surface area (Å²) in [5, 5.41) is 3.39. The summed E-state index contributed by atoms with van der Waals surface area (Å²) in [6, 6.07) is 10.4. The molecule has 1 unspecified atom stereocenters. The molecule has 4 nitrogen and oxygen atoms in total. The van der Waals surface area contributed by atoms with Crippen LogP contribution in [0, 0.1) is 6.92 Å². The van der Waals surface area contributed by atoms with Crippen LogP contribution in [-0.4, -0.2) is 28.8 Å². The Morgan fingerprint density at radius 1 is 1.32 bits per heavy atom. The van der Waals surface area contributed by atoms with E-state index < -0.39 is 0 Å². The van der Waals surface area contributed by atoms with E-state index in [-0.39, 0.29) is 6.04 Å². The Morgan fingerprint density at radius 2 is 2.05 bits per heavy atom. The van der Waals surface area contributed by atoms with E-state index in [2.05, 4.69) is 33.9 Å². The normalized spacial score (nSPS) is 12.4. The zero-order valence-electron chi connectivity index (χ0n) is 11.8. The van der Waals surface area contributed by atoms with Crippen LogP contribution in [0.2, 0.25) is 0 Å². The molecule has 0 radical (unpaired) electrons. The van der Waals surface area contributed by atoms with Crippen molar-refractivity contribution in [2.24, 2.45) is 0 Å². The number of hydrogen-bond donors (Lipinski definition) is 1. The fourth-order valence-corrected chi connectivity index (χ4v) is 1.94. The lowest BCUT2D eigenvalue weighted by Crippen LogP contribution is -2.23. The van der Waals surface area contributed by atoms with Gasteiger partial charge in [0.25, 0.3) is 0 Å². The van der Waals surface area contributed by atoms with Crippen LogP contribution in [0.25, 0.3) is 5.69 Å². The molecule has 19 heavy (non-hydrogen) atoms. The van der Waals surface area contributed by atoms with Gasteiger partial charge in [-0.05, 0) is 32.9 Å². The first-order chi connectivity index (χ1) is 9.20. The summed E-state index contributed by atoms with van der Waals surface area (Å²) in [4.78, 5) is 4.53. The van der Waals surface area contributed by atoms with Gasteiger partial charge in [0.05, 0.1) is 12.3 Å². The fourth-order valence-electron chi connectivity index (χ4n) is 1.94. The molecule has 2 rings (SSSR count). The predicted octanol–water partition coefficient (Wildman–Crippen LogP) is 3.02. The second kappa shape index (κ2) is 6.38. The van der Waals surface area contributed by atoms with Gasteiger partial charge in [-0.25, -0.2) is 4.98 Å². The van der Waals surface area contributed by atoms with Gasteiger partial charge in [0.1, 0.15) is 0 Å². The lowest BCUT2D eigenvalue weighted by atomic mass is 10.3. The molecule has 0 fully saturated rings. The predicted molar refractivity (Wildman–Crippen MR) is 77.9 cm³/mol. The van der Waals surface area contributed by atoms with Gasteiger partial charge in [0.15, 0.2) is 0 Å². The number of para-hydroxylation sites is 1. The number of ether oxygens (including phenoxy) is 1. The Kier molecular flexibility index (Phi) is 4.58. The minimum Gasteiger partial charge on any atom is -0.380 e. The van der Waals surface area contributed by atoms with Crippen LogP contribution in [-0.2, 0) is 4.74 Å². The summed E-state index contributed by atoms with van der Waals surface area (Å²) in [6.45, 7) is 7.50. The highest BCUT2D eigenvalue weighted by atomic mass is 16.5.